The summed E-state index contributed by atoms with van der Waals surface area (Å²) in [6.07, 6.45) is -7.65. The summed E-state index contributed by atoms with van der Waals surface area (Å²) < 4.78 is 107. The number of benzene rings is 2. The molecule has 0 radical (unpaired) electrons. The van der Waals surface area contributed by atoms with Crippen LogP contribution in [0, 0.1) is 0 Å². The number of anilines is 2. The van der Waals surface area contributed by atoms with Crippen LogP contribution in [-0.4, -0.2) is 62.6 Å². The number of hydrogen-bond donors (Lipinski definition) is 0. The van der Waals surface area contributed by atoms with E-state index in [0.717, 1.165) is 11.2 Å². The molecule has 45 heavy (non-hydrogen) atoms. The minimum atomic E-state index is -5.08. The number of alkyl halides is 6. The summed E-state index contributed by atoms with van der Waals surface area (Å²) in [7, 11) is -2.05. The number of likely N-dealkylation sites (N-methyl/N-ethyl adjacent to an activating group) is 1. The maximum absolute atomic E-state index is 14.0. The molecule has 2 aromatic carbocycles. The molecule has 1 fully saturated rings. The Morgan fingerprint density at radius 1 is 0.933 bits per heavy atom. The average Bonchev–Trinajstić information content (AvgIpc) is 2.94. The highest BCUT2D eigenvalue weighted by Crippen LogP contribution is 2.42. The smallest absolute Gasteiger partial charge is 0.351 e. The van der Waals surface area contributed by atoms with Crippen molar-refractivity contribution in [3.63, 3.8) is 0 Å². The predicted octanol–water partition coefficient (Wildman–Crippen LogP) is 6.85. The molecule has 0 saturated carbocycles. The third kappa shape index (κ3) is 7.23. The predicted molar refractivity (Wildman–Crippen MR) is 161 cm³/mol. The zero-order chi connectivity index (χ0) is 33.7. The minimum Gasteiger partial charge on any atom is -0.351 e. The van der Waals surface area contributed by atoms with E-state index in [9.17, 15) is 39.6 Å². The summed E-state index contributed by atoms with van der Waals surface area (Å²) in [6.45, 7) is 5.10. The molecule has 3 aromatic rings. The van der Waals surface area contributed by atoms with Crippen LogP contribution in [0.15, 0.2) is 54.7 Å². The van der Waals surface area contributed by atoms with E-state index in [-0.39, 0.29) is 30.9 Å². The Balaban J connectivity index is 1.79. The number of piperazine rings is 1. The molecule has 7 nitrogen and oxygen atoms in total. The monoisotopic (exact) mass is 676 g/mol. The van der Waals surface area contributed by atoms with Crippen LogP contribution in [-0.2, 0) is 32.6 Å². The Morgan fingerprint density at radius 2 is 1.49 bits per heavy atom. The number of aromatic nitrogens is 1. The standard InChI is InChI=1S/C30H31ClF6N4O3S/c1-18-17-40(45(5,43)44)10-11-41(18)26-15-23(22-8-6-7-9-24(22)31)25(16-38-26)39(4)27(42)28(2,3)19-12-20(29(32,33)34)14-21(13-19)30(35,36)37/h6-9,12-16,18H,10-11,17H2,1-5H3/t18-/m0/s1. The second-order valence-corrected chi connectivity index (χ2v) is 13.9. The molecule has 1 saturated heterocycles. The van der Waals surface area contributed by atoms with Crippen LogP contribution in [0.2, 0.25) is 5.02 Å². The number of sulfonamides is 1. The van der Waals surface area contributed by atoms with Crippen molar-refractivity contribution in [1.29, 1.82) is 0 Å². The van der Waals surface area contributed by atoms with Crippen LogP contribution in [0.25, 0.3) is 11.1 Å². The summed E-state index contributed by atoms with van der Waals surface area (Å²) in [6, 6.07) is 9.25. The van der Waals surface area contributed by atoms with Gasteiger partial charge in [-0.2, -0.15) is 30.6 Å². The van der Waals surface area contributed by atoms with E-state index < -0.39 is 50.4 Å². The van der Waals surface area contributed by atoms with Gasteiger partial charge in [0.05, 0.1) is 34.7 Å². The molecule has 0 aliphatic carbocycles. The molecule has 0 spiro atoms. The van der Waals surface area contributed by atoms with Crippen LogP contribution < -0.4 is 9.80 Å². The second kappa shape index (κ2) is 12.1. The van der Waals surface area contributed by atoms with Crippen molar-refractivity contribution in [2.75, 3.05) is 42.7 Å². The van der Waals surface area contributed by atoms with E-state index in [2.05, 4.69) is 4.98 Å². The van der Waals surface area contributed by atoms with Gasteiger partial charge < -0.3 is 9.80 Å². The fourth-order valence-corrected chi connectivity index (χ4v) is 6.43. The van der Waals surface area contributed by atoms with Crippen LogP contribution in [0.4, 0.5) is 37.8 Å². The third-order valence-corrected chi connectivity index (χ3v) is 9.50. The number of rotatable bonds is 6. The lowest BCUT2D eigenvalue weighted by atomic mass is 9.81. The van der Waals surface area contributed by atoms with Gasteiger partial charge in [-0.1, -0.05) is 29.8 Å². The molecule has 1 atom stereocenters. The first-order valence-electron chi connectivity index (χ1n) is 13.7. The van der Waals surface area contributed by atoms with Gasteiger partial charge in [0.25, 0.3) is 0 Å². The van der Waals surface area contributed by atoms with Gasteiger partial charge in [0, 0.05) is 48.9 Å². The molecule has 0 unspecified atom stereocenters. The fourth-order valence-electron chi connectivity index (χ4n) is 5.29. The van der Waals surface area contributed by atoms with Gasteiger partial charge >= 0.3 is 12.4 Å². The van der Waals surface area contributed by atoms with E-state index in [1.54, 1.807) is 30.3 Å². The Bertz CT molecular complexity index is 1680. The minimum absolute atomic E-state index is 0.0165. The zero-order valence-electron chi connectivity index (χ0n) is 25.0. The molecule has 244 valence electrons. The molecule has 1 aromatic heterocycles. The molecule has 0 N–H and O–H groups in total. The Morgan fingerprint density at radius 3 is 2.00 bits per heavy atom. The lowest BCUT2D eigenvalue weighted by Gasteiger charge is -2.39. The summed E-state index contributed by atoms with van der Waals surface area (Å²) in [4.78, 5) is 21.5. The topological polar surface area (TPSA) is 73.8 Å². The summed E-state index contributed by atoms with van der Waals surface area (Å²) >= 11 is 6.53. The van der Waals surface area contributed by atoms with E-state index in [4.69, 9.17) is 11.6 Å². The van der Waals surface area contributed by atoms with Gasteiger partial charge in [-0.25, -0.2) is 13.4 Å². The number of halogens is 7. The molecular formula is C30H31ClF6N4O3S. The Kier molecular flexibility index (Phi) is 9.28. The second-order valence-electron chi connectivity index (χ2n) is 11.5. The molecule has 1 amide bonds. The highest BCUT2D eigenvalue weighted by atomic mass is 35.5. The van der Waals surface area contributed by atoms with Crippen LogP contribution in [0.5, 0.6) is 0 Å². The largest absolute Gasteiger partial charge is 0.416 e. The van der Waals surface area contributed by atoms with Gasteiger partial charge in [-0.05, 0) is 56.7 Å². The van der Waals surface area contributed by atoms with Crippen molar-refractivity contribution in [2.45, 2.75) is 44.6 Å². The molecular weight excluding hydrogens is 646 g/mol. The number of amides is 1. The first-order valence-corrected chi connectivity index (χ1v) is 15.9. The van der Waals surface area contributed by atoms with Crippen molar-refractivity contribution in [3.05, 3.63) is 76.4 Å². The normalized spacial score (nSPS) is 17.0. The average molecular weight is 677 g/mol. The molecule has 1 aliphatic rings. The van der Waals surface area contributed by atoms with E-state index in [1.807, 2.05) is 11.8 Å². The maximum atomic E-state index is 14.0. The first-order chi connectivity index (χ1) is 20.6. The molecule has 15 heteroatoms. The Hall–Kier alpha value is -3.36. The van der Waals surface area contributed by atoms with Crippen molar-refractivity contribution >= 4 is 39.0 Å². The summed E-state index contributed by atoms with van der Waals surface area (Å²) in [5.74, 6) is -0.338. The van der Waals surface area contributed by atoms with E-state index >= 15 is 0 Å². The van der Waals surface area contributed by atoms with Crippen molar-refractivity contribution < 1.29 is 39.6 Å². The number of carbonyl (C=O) groups is 1. The number of carbonyl (C=O) groups excluding carboxylic acids is 1. The van der Waals surface area contributed by atoms with Gasteiger partial charge in [0.15, 0.2) is 0 Å². The van der Waals surface area contributed by atoms with Gasteiger partial charge in [0.1, 0.15) is 5.82 Å². The highest BCUT2D eigenvalue weighted by Gasteiger charge is 2.41. The van der Waals surface area contributed by atoms with E-state index in [1.165, 1.54) is 31.4 Å². The fraction of sp³-hybridized carbons (Fsp3) is 0.400. The maximum Gasteiger partial charge on any atom is 0.416 e. The highest BCUT2D eigenvalue weighted by molar-refractivity contribution is 7.88. The molecule has 1 aliphatic heterocycles. The third-order valence-electron chi connectivity index (χ3n) is 7.90. The van der Waals surface area contributed by atoms with Gasteiger partial charge in [0.2, 0.25) is 15.9 Å². The van der Waals surface area contributed by atoms with Gasteiger partial charge in [-0.15, -0.1) is 0 Å². The van der Waals surface area contributed by atoms with Crippen molar-refractivity contribution in [3.8, 4) is 11.1 Å². The van der Waals surface area contributed by atoms with E-state index in [0.29, 0.717) is 40.6 Å². The molecule has 4 rings (SSSR count). The lowest BCUT2D eigenvalue weighted by molar-refractivity contribution is -0.143. The van der Waals surface area contributed by atoms with Crippen LogP contribution >= 0.6 is 11.6 Å². The lowest BCUT2D eigenvalue weighted by Crippen LogP contribution is -2.53. The molecule has 0 bridgehead atoms. The zero-order valence-corrected chi connectivity index (χ0v) is 26.5. The van der Waals surface area contributed by atoms with Crippen LogP contribution in [0.1, 0.15) is 37.5 Å². The Labute approximate surface area is 262 Å². The number of hydrogen-bond acceptors (Lipinski definition) is 5. The van der Waals surface area contributed by atoms with Gasteiger partial charge in [-0.3, -0.25) is 4.79 Å². The first kappa shape index (κ1) is 34.5. The number of pyridine rings is 1. The van der Waals surface area contributed by atoms with Crippen LogP contribution in [0.3, 0.4) is 0 Å². The summed E-state index contributed by atoms with van der Waals surface area (Å²) in [5, 5.41) is 0.318. The van der Waals surface area contributed by atoms with Crippen molar-refractivity contribution in [1.82, 2.24) is 9.29 Å². The SMILES string of the molecule is C[C@H]1CN(S(C)(=O)=O)CCN1c1cc(-c2ccccc2Cl)c(N(C)C(=O)C(C)(C)c2cc(C(F)(F)F)cc(C(F)(F)F)c2)cn1. The molecule has 2 heterocycles. The summed E-state index contributed by atoms with van der Waals surface area (Å²) in [5.41, 5.74) is -4.24. The quantitative estimate of drug-likeness (QED) is 0.267. The van der Waals surface area contributed by atoms with Crippen molar-refractivity contribution in [2.24, 2.45) is 0 Å². The number of nitrogens with zero attached hydrogens (tertiary/aromatic N) is 4.